The van der Waals surface area contributed by atoms with E-state index in [2.05, 4.69) is 22.0 Å². The molecule has 1 amide bonds. The summed E-state index contributed by atoms with van der Waals surface area (Å²) in [6, 6.07) is 10.4. The molecule has 1 saturated heterocycles. The molecule has 2 aromatic carbocycles. The average molecular weight is 456 g/mol. The van der Waals surface area contributed by atoms with Crippen LogP contribution in [0.15, 0.2) is 41.3 Å². The van der Waals surface area contributed by atoms with E-state index >= 15 is 0 Å². The third kappa shape index (κ3) is 3.36. The Balaban J connectivity index is 1.58. The first kappa shape index (κ1) is 21.3. The summed E-state index contributed by atoms with van der Waals surface area (Å²) in [4.78, 5) is 15.3. The first-order valence-corrected chi connectivity index (χ1v) is 12.7. The summed E-state index contributed by atoms with van der Waals surface area (Å²) >= 11 is 0. The highest BCUT2D eigenvalue weighted by Gasteiger charge is 2.52. The van der Waals surface area contributed by atoms with Crippen LogP contribution in [-0.4, -0.2) is 46.5 Å². The van der Waals surface area contributed by atoms with E-state index in [4.69, 9.17) is 4.74 Å². The minimum atomic E-state index is -3.86. The number of carbonyl (C=O) groups excluding carboxylic acids is 1. The van der Waals surface area contributed by atoms with Crippen molar-refractivity contribution in [3.05, 3.63) is 47.5 Å². The number of rotatable bonds is 5. The van der Waals surface area contributed by atoms with Crippen molar-refractivity contribution in [1.82, 2.24) is 4.90 Å². The van der Waals surface area contributed by atoms with Gasteiger partial charge in [-0.15, -0.1) is 0 Å². The average Bonchev–Trinajstić information content (AvgIpc) is 3.05. The molecule has 0 unspecified atom stereocenters. The summed E-state index contributed by atoms with van der Waals surface area (Å²) in [6.07, 6.45) is 4.58. The fourth-order valence-electron chi connectivity index (χ4n) is 5.32. The highest BCUT2D eigenvalue weighted by Crippen LogP contribution is 2.54. The molecule has 2 N–H and O–H groups in total. The number of benzene rings is 2. The highest BCUT2D eigenvalue weighted by atomic mass is 32.2. The number of hydrogen-bond donors (Lipinski definition) is 2. The van der Waals surface area contributed by atoms with Gasteiger partial charge in [0.05, 0.1) is 12.5 Å². The number of likely N-dealkylation sites (tertiary alicyclic amines) is 1. The van der Waals surface area contributed by atoms with Crippen molar-refractivity contribution in [2.45, 2.75) is 48.3 Å². The van der Waals surface area contributed by atoms with Crippen LogP contribution in [-0.2, 0) is 20.2 Å². The highest BCUT2D eigenvalue weighted by molar-refractivity contribution is 7.92. The third-order valence-electron chi connectivity index (χ3n) is 7.33. The zero-order valence-electron chi connectivity index (χ0n) is 18.5. The van der Waals surface area contributed by atoms with Gasteiger partial charge < -0.3 is 15.0 Å². The molecule has 2 fully saturated rings. The molecule has 2 aromatic rings. The molecule has 1 aliphatic carbocycles. The van der Waals surface area contributed by atoms with Gasteiger partial charge in [0.25, 0.3) is 10.0 Å². The van der Waals surface area contributed by atoms with Crippen LogP contribution in [0, 0.1) is 0 Å². The maximum absolute atomic E-state index is 13.2. The van der Waals surface area contributed by atoms with Crippen LogP contribution in [0.1, 0.15) is 49.1 Å². The number of nitrogens with zero attached hydrogens (tertiary/aromatic N) is 1. The monoisotopic (exact) mass is 455 g/mol. The molecule has 5 rings (SSSR count). The van der Waals surface area contributed by atoms with Gasteiger partial charge >= 0.3 is 0 Å². The van der Waals surface area contributed by atoms with Gasteiger partial charge in [-0.1, -0.05) is 18.6 Å². The van der Waals surface area contributed by atoms with Crippen LogP contribution < -0.4 is 14.8 Å². The van der Waals surface area contributed by atoms with E-state index < -0.39 is 15.4 Å². The Morgan fingerprint density at radius 2 is 1.88 bits per heavy atom. The van der Waals surface area contributed by atoms with Crippen LogP contribution >= 0.6 is 0 Å². The van der Waals surface area contributed by atoms with Gasteiger partial charge in [0.2, 0.25) is 5.91 Å². The quantitative estimate of drug-likeness (QED) is 0.718. The molecule has 32 heavy (non-hydrogen) atoms. The minimum absolute atomic E-state index is 0.0534. The largest absolute Gasteiger partial charge is 0.495 e. The first-order valence-electron chi connectivity index (χ1n) is 11.2. The summed E-state index contributed by atoms with van der Waals surface area (Å²) < 4.78 is 34.5. The van der Waals surface area contributed by atoms with Crippen molar-refractivity contribution in [1.29, 1.82) is 0 Å². The van der Waals surface area contributed by atoms with Crippen LogP contribution in [0.2, 0.25) is 0 Å². The van der Waals surface area contributed by atoms with Gasteiger partial charge in [-0.25, -0.2) is 8.42 Å². The van der Waals surface area contributed by atoms with Crippen molar-refractivity contribution >= 4 is 27.3 Å². The molecular weight excluding hydrogens is 426 g/mol. The topological polar surface area (TPSA) is 87.7 Å². The number of anilines is 2. The summed E-state index contributed by atoms with van der Waals surface area (Å²) in [6.45, 7) is 1.96. The predicted octanol–water partition coefficient (Wildman–Crippen LogP) is 3.68. The number of nitrogens with one attached hydrogen (secondary N) is 2. The molecule has 0 radical (unpaired) electrons. The van der Waals surface area contributed by atoms with E-state index in [0.717, 1.165) is 62.0 Å². The fourth-order valence-corrected chi connectivity index (χ4v) is 6.53. The Labute approximate surface area is 189 Å². The second-order valence-electron chi connectivity index (χ2n) is 9.21. The second kappa shape index (κ2) is 7.78. The van der Waals surface area contributed by atoms with Gasteiger partial charge in [-0.3, -0.25) is 9.52 Å². The first-order chi connectivity index (χ1) is 15.3. The number of ether oxygens (including phenoxy) is 1. The normalized spacial score (nSPS) is 20.5. The fraction of sp³-hybridized carbons (Fsp3) is 0.458. The minimum Gasteiger partial charge on any atom is -0.495 e. The van der Waals surface area contributed by atoms with Crippen LogP contribution in [0.5, 0.6) is 5.75 Å². The number of methoxy groups -OCH3 is 1. The Morgan fingerprint density at radius 3 is 2.53 bits per heavy atom. The Morgan fingerprint density at radius 1 is 1.16 bits per heavy atom. The van der Waals surface area contributed by atoms with Gasteiger partial charge in [-0.05, 0) is 87.1 Å². The molecule has 7 nitrogen and oxygen atoms in total. The lowest BCUT2D eigenvalue weighted by Crippen LogP contribution is -2.40. The molecule has 1 spiro atoms. The van der Waals surface area contributed by atoms with E-state index in [9.17, 15) is 13.2 Å². The van der Waals surface area contributed by atoms with Gasteiger partial charge in [0, 0.05) is 11.4 Å². The molecule has 0 atom stereocenters. The van der Waals surface area contributed by atoms with Crippen molar-refractivity contribution in [3.8, 4) is 5.75 Å². The zero-order chi connectivity index (χ0) is 22.5. The van der Waals surface area contributed by atoms with Crippen molar-refractivity contribution in [2.24, 2.45) is 0 Å². The van der Waals surface area contributed by atoms with Crippen molar-refractivity contribution in [2.75, 3.05) is 37.3 Å². The number of piperidine rings is 1. The maximum atomic E-state index is 13.2. The lowest BCUT2D eigenvalue weighted by Gasteiger charge is -2.36. The van der Waals surface area contributed by atoms with E-state index in [1.807, 2.05) is 12.1 Å². The Hall–Kier alpha value is -2.58. The predicted molar refractivity (Wildman–Crippen MR) is 124 cm³/mol. The summed E-state index contributed by atoms with van der Waals surface area (Å²) in [5.74, 6) is 0.632. The summed E-state index contributed by atoms with van der Waals surface area (Å²) in [5, 5.41) is 3.16. The molecule has 0 aromatic heterocycles. The molecule has 8 heteroatoms. The van der Waals surface area contributed by atoms with Crippen molar-refractivity contribution in [3.63, 3.8) is 0 Å². The lowest BCUT2D eigenvalue weighted by molar-refractivity contribution is -0.123. The molecule has 2 heterocycles. The molecule has 2 aliphatic heterocycles. The SMILES string of the molecule is COc1ccccc1S(=O)(=O)Nc1cc(C2CCN(C)CC2)c2c(c1)C1(CCC1)C(=O)N2. The van der Waals surface area contributed by atoms with Crippen LogP contribution in [0.25, 0.3) is 0 Å². The maximum Gasteiger partial charge on any atom is 0.265 e. The molecule has 0 bridgehead atoms. The lowest BCUT2D eigenvalue weighted by atomic mass is 9.65. The number of sulfonamides is 1. The molecular formula is C24H29N3O4S. The van der Waals surface area contributed by atoms with E-state index in [0.29, 0.717) is 11.4 Å². The number of hydrogen-bond acceptors (Lipinski definition) is 5. The Bertz CT molecular complexity index is 1170. The van der Waals surface area contributed by atoms with E-state index in [1.54, 1.807) is 18.2 Å². The molecule has 3 aliphatic rings. The number of para-hydroxylation sites is 1. The van der Waals surface area contributed by atoms with E-state index in [-0.39, 0.29) is 16.7 Å². The smallest absolute Gasteiger partial charge is 0.265 e. The molecule has 170 valence electrons. The van der Waals surface area contributed by atoms with Gasteiger partial charge in [0.15, 0.2) is 0 Å². The van der Waals surface area contributed by atoms with E-state index in [1.165, 1.54) is 13.2 Å². The van der Waals surface area contributed by atoms with Crippen LogP contribution in [0.3, 0.4) is 0 Å². The number of fused-ring (bicyclic) bond motifs is 2. The van der Waals surface area contributed by atoms with Crippen LogP contribution in [0.4, 0.5) is 11.4 Å². The number of amides is 1. The standard InChI is InChI=1S/C24H29N3O4S/c1-27-12-8-16(9-13-27)18-14-17(15-19-22(18)25-23(28)24(19)10-5-11-24)26-32(29,30)21-7-4-3-6-20(21)31-2/h3-4,6-7,14-16,26H,5,8-13H2,1-2H3,(H,25,28). The Kier molecular flexibility index (Phi) is 5.17. The van der Waals surface area contributed by atoms with Crippen molar-refractivity contribution < 1.29 is 17.9 Å². The third-order valence-corrected chi connectivity index (χ3v) is 8.75. The second-order valence-corrected chi connectivity index (χ2v) is 10.9. The summed E-state index contributed by atoms with van der Waals surface area (Å²) in [5.41, 5.74) is 2.89. The molecule has 1 saturated carbocycles. The van der Waals surface area contributed by atoms with Gasteiger partial charge in [-0.2, -0.15) is 0 Å². The zero-order valence-corrected chi connectivity index (χ0v) is 19.3. The van der Waals surface area contributed by atoms with Gasteiger partial charge in [0.1, 0.15) is 10.6 Å². The number of carbonyl (C=O) groups is 1. The summed E-state index contributed by atoms with van der Waals surface area (Å²) in [7, 11) is -0.285.